The molecule has 0 spiro atoms. The molecule has 0 N–H and O–H groups in total. The maximum absolute atomic E-state index is 13.4. The standard InChI is InChI=1S/C14H15BF2O2/c1-3-10-4-6-13-11(8-10)5-7-12-9(2)18-15(16,17)19-14(12)13/h4,6,8H,3,5,7H2,1-2H3. The van der Waals surface area contributed by atoms with E-state index < -0.39 is 7.11 Å². The Morgan fingerprint density at radius 1 is 1.32 bits per heavy atom. The highest BCUT2D eigenvalue weighted by molar-refractivity contribution is 6.51. The first-order valence-corrected chi connectivity index (χ1v) is 6.57. The smallest absolute Gasteiger partial charge is 0.572 e. The van der Waals surface area contributed by atoms with E-state index in [1.807, 2.05) is 12.1 Å². The van der Waals surface area contributed by atoms with Gasteiger partial charge in [0.25, 0.3) is 5.78 Å². The predicted molar refractivity (Wildman–Crippen MR) is 70.2 cm³/mol. The molecule has 0 bridgehead atoms. The number of carbonyl (C=O) groups excluding carboxylic acids is 1. The van der Waals surface area contributed by atoms with E-state index in [0.717, 1.165) is 29.5 Å². The number of hydrogen-bond acceptors (Lipinski definition) is 1. The van der Waals surface area contributed by atoms with E-state index in [4.69, 9.17) is 4.34 Å². The number of ketones is 1. The van der Waals surface area contributed by atoms with Gasteiger partial charge in [0.2, 0.25) is 0 Å². The molecule has 0 saturated heterocycles. The van der Waals surface area contributed by atoms with Gasteiger partial charge in [-0.2, -0.15) is 0 Å². The summed E-state index contributed by atoms with van der Waals surface area (Å²) in [5.41, 5.74) is 3.85. The van der Waals surface area contributed by atoms with Gasteiger partial charge in [0, 0.05) is 0 Å². The van der Waals surface area contributed by atoms with Crippen LogP contribution in [0.1, 0.15) is 41.3 Å². The van der Waals surface area contributed by atoms with Gasteiger partial charge >= 0.3 is 7.11 Å². The van der Waals surface area contributed by atoms with Crippen LogP contribution in [0.4, 0.5) is 8.63 Å². The van der Waals surface area contributed by atoms with E-state index in [9.17, 15) is 8.63 Å². The van der Waals surface area contributed by atoms with E-state index in [1.54, 1.807) is 6.92 Å². The minimum atomic E-state index is -4.23. The summed E-state index contributed by atoms with van der Waals surface area (Å²) in [5.74, 6) is 0.592. The molecule has 2 aliphatic rings. The second kappa shape index (κ2) is 4.18. The maximum Gasteiger partial charge on any atom is 0.994 e. The highest BCUT2D eigenvalue weighted by Gasteiger charge is 2.54. The molecular weight excluding hydrogens is 249 g/mol. The minimum absolute atomic E-state index is 0.288. The zero-order valence-electron chi connectivity index (χ0n) is 11.0. The summed E-state index contributed by atoms with van der Waals surface area (Å²) in [4.78, 5) is 0. The fourth-order valence-electron chi connectivity index (χ4n) is 2.74. The lowest BCUT2D eigenvalue weighted by Crippen LogP contribution is -2.35. The second-order valence-corrected chi connectivity index (χ2v) is 4.98. The normalized spacial score (nSPS) is 20.3. The van der Waals surface area contributed by atoms with Crippen LogP contribution >= 0.6 is 0 Å². The van der Waals surface area contributed by atoms with E-state index in [0.29, 0.717) is 12.2 Å². The molecule has 1 heterocycles. The van der Waals surface area contributed by atoms with Gasteiger partial charge in [-0.25, -0.2) is 0 Å². The Morgan fingerprint density at radius 2 is 2.11 bits per heavy atom. The van der Waals surface area contributed by atoms with Crippen LogP contribution in [0.3, 0.4) is 0 Å². The number of benzene rings is 1. The monoisotopic (exact) mass is 264 g/mol. The molecular formula is C14H15BF2O2. The minimum Gasteiger partial charge on any atom is -0.572 e. The number of fused-ring (bicyclic) bond motifs is 3. The molecule has 100 valence electrons. The first-order valence-electron chi connectivity index (χ1n) is 6.57. The highest BCUT2D eigenvalue weighted by Crippen LogP contribution is 2.34. The van der Waals surface area contributed by atoms with Crippen molar-refractivity contribution < 1.29 is 17.6 Å². The Hall–Kier alpha value is -1.65. The molecule has 0 unspecified atom stereocenters. The zero-order valence-corrected chi connectivity index (χ0v) is 11.0. The summed E-state index contributed by atoms with van der Waals surface area (Å²) < 4.78 is 36.2. The van der Waals surface area contributed by atoms with Gasteiger partial charge in [-0.1, -0.05) is 19.1 Å². The van der Waals surface area contributed by atoms with Crippen molar-refractivity contribution in [3.8, 4) is 0 Å². The van der Waals surface area contributed by atoms with Gasteiger partial charge in [-0.3, -0.25) is 0 Å². The molecule has 3 rings (SSSR count). The van der Waals surface area contributed by atoms with E-state index in [-0.39, 0.29) is 5.76 Å². The molecule has 1 aromatic rings. The Labute approximate surface area is 110 Å². The third kappa shape index (κ3) is 2.07. The summed E-state index contributed by atoms with van der Waals surface area (Å²) in [6.45, 7) is 3.66. The van der Waals surface area contributed by atoms with Gasteiger partial charge in [-0.15, -0.1) is 0 Å². The van der Waals surface area contributed by atoms with Crippen molar-refractivity contribution in [2.75, 3.05) is 0 Å². The van der Waals surface area contributed by atoms with E-state index in [2.05, 4.69) is 17.6 Å². The summed E-state index contributed by atoms with van der Waals surface area (Å²) >= 11 is 0. The van der Waals surface area contributed by atoms with Crippen molar-refractivity contribution >= 4 is 12.9 Å². The zero-order chi connectivity index (χ0) is 13.6. The number of allylic oxidation sites excluding steroid dienone is 2. The molecule has 1 aromatic carbocycles. The lowest BCUT2D eigenvalue weighted by Gasteiger charge is -2.26. The van der Waals surface area contributed by atoms with Gasteiger partial charge in [0.15, 0.2) is 0 Å². The van der Waals surface area contributed by atoms with E-state index >= 15 is 0 Å². The molecule has 0 amide bonds. The van der Waals surface area contributed by atoms with Crippen molar-refractivity contribution in [1.29, 1.82) is 0 Å². The van der Waals surface area contributed by atoms with Crippen LogP contribution in [-0.2, 0) is 17.5 Å². The van der Waals surface area contributed by atoms with Gasteiger partial charge < -0.3 is 17.6 Å². The Morgan fingerprint density at radius 3 is 2.84 bits per heavy atom. The molecule has 0 fully saturated rings. The third-order valence-electron chi connectivity index (χ3n) is 3.73. The number of aryl methyl sites for hydroxylation is 2. The maximum atomic E-state index is 13.4. The number of halogens is 2. The van der Waals surface area contributed by atoms with Crippen molar-refractivity contribution in [3.63, 3.8) is 0 Å². The predicted octanol–water partition coefficient (Wildman–Crippen LogP) is 3.59. The van der Waals surface area contributed by atoms with Crippen LogP contribution < -0.4 is 0 Å². The van der Waals surface area contributed by atoms with Gasteiger partial charge in [0.1, 0.15) is 0 Å². The summed E-state index contributed by atoms with van der Waals surface area (Å²) in [7, 11) is -4.23. The van der Waals surface area contributed by atoms with Crippen molar-refractivity contribution in [3.05, 3.63) is 46.2 Å². The van der Waals surface area contributed by atoms with E-state index in [1.165, 1.54) is 5.56 Å². The fourth-order valence-corrected chi connectivity index (χ4v) is 2.74. The van der Waals surface area contributed by atoms with Crippen LogP contribution in [0, 0.1) is 0 Å². The van der Waals surface area contributed by atoms with Crippen LogP contribution in [0.15, 0.2) is 29.5 Å². The second-order valence-electron chi connectivity index (χ2n) is 4.98. The van der Waals surface area contributed by atoms with Crippen molar-refractivity contribution in [1.82, 2.24) is 0 Å². The van der Waals surface area contributed by atoms with Crippen molar-refractivity contribution in [2.24, 2.45) is 0 Å². The summed E-state index contributed by atoms with van der Waals surface area (Å²) in [5, 5.41) is 0. The Balaban J connectivity index is 2.15. The van der Waals surface area contributed by atoms with Crippen molar-refractivity contribution in [2.45, 2.75) is 33.1 Å². The molecule has 1 aliphatic carbocycles. The van der Waals surface area contributed by atoms with Crippen LogP contribution in [0.2, 0.25) is 0 Å². The van der Waals surface area contributed by atoms with Crippen LogP contribution in [0.5, 0.6) is 0 Å². The number of hydrogen-bond donors (Lipinski definition) is 0. The van der Waals surface area contributed by atoms with Crippen LogP contribution in [-0.4, -0.2) is 12.9 Å². The Kier molecular flexibility index (Phi) is 2.73. The molecule has 0 radical (unpaired) electrons. The number of rotatable bonds is 1. The summed E-state index contributed by atoms with van der Waals surface area (Å²) in [6.07, 6.45) is 2.46. The molecule has 0 saturated carbocycles. The molecule has 5 heteroatoms. The first-order chi connectivity index (χ1) is 9.00. The molecule has 0 aromatic heterocycles. The highest BCUT2D eigenvalue weighted by atomic mass is 19.3. The molecule has 19 heavy (non-hydrogen) atoms. The lowest BCUT2D eigenvalue weighted by molar-refractivity contribution is -0.190. The topological polar surface area (TPSA) is 20.5 Å². The molecule has 0 atom stereocenters. The summed E-state index contributed by atoms with van der Waals surface area (Å²) in [6, 6.07) is 5.93. The molecule has 2 nitrogen and oxygen atoms in total. The average Bonchev–Trinajstić information content (AvgIpc) is 2.36. The van der Waals surface area contributed by atoms with Gasteiger partial charge in [-0.05, 0) is 43.4 Å². The quantitative estimate of drug-likeness (QED) is 0.560. The largest absolute Gasteiger partial charge is 0.994 e. The van der Waals surface area contributed by atoms with Crippen LogP contribution in [0.25, 0.3) is 0 Å². The Bertz CT molecular complexity index is 605. The van der Waals surface area contributed by atoms with Gasteiger partial charge in [0.05, 0.1) is 16.9 Å². The SMILES string of the molecule is CCc1ccc2c(c1)CCC1=C(C)O[B-](F)(F)[O+]=C12. The molecule has 1 aliphatic heterocycles. The first kappa shape index (κ1) is 12.4. The third-order valence-corrected chi connectivity index (χ3v) is 3.73. The fraction of sp³-hybridized carbons (Fsp3) is 0.357. The lowest BCUT2D eigenvalue weighted by atomic mass is 9.84. The average molecular weight is 264 g/mol.